The summed E-state index contributed by atoms with van der Waals surface area (Å²) in [6.07, 6.45) is 5.70. The molecule has 1 atom stereocenters. The number of aromatic nitrogens is 1. The molecule has 0 unspecified atom stereocenters. The summed E-state index contributed by atoms with van der Waals surface area (Å²) in [7, 11) is 0. The Balaban J connectivity index is 1.35. The van der Waals surface area contributed by atoms with Crippen molar-refractivity contribution in [2.24, 2.45) is 0 Å². The predicted molar refractivity (Wildman–Crippen MR) is 112 cm³/mol. The Labute approximate surface area is 172 Å². The molecule has 1 fully saturated rings. The summed E-state index contributed by atoms with van der Waals surface area (Å²) in [6, 6.07) is 10.9. The van der Waals surface area contributed by atoms with Crippen molar-refractivity contribution in [3.63, 3.8) is 0 Å². The first-order chi connectivity index (χ1) is 13.9. The molecule has 0 spiro atoms. The summed E-state index contributed by atoms with van der Waals surface area (Å²) in [5, 5.41) is 0. The van der Waals surface area contributed by atoms with Crippen molar-refractivity contribution >= 4 is 18.0 Å². The number of hydrogen-bond donors (Lipinski definition) is 0. The molecule has 0 bridgehead atoms. The van der Waals surface area contributed by atoms with Gasteiger partial charge in [0.15, 0.2) is 6.10 Å². The highest BCUT2D eigenvalue weighted by Crippen LogP contribution is 2.38. The van der Waals surface area contributed by atoms with Crippen LogP contribution in [0.4, 0.5) is 0 Å². The minimum absolute atomic E-state index is 0.145. The number of carbonyl (C=O) groups is 2. The monoisotopic (exact) mass is 392 g/mol. The summed E-state index contributed by atoms with van der Waals surface area (Å²) >= 11 is 0. The van der Waals surface area contributed by atoms with Crippen LogP contribution in [0, 0.1) is 13.8 Å². The van der Waals surface area contributed by atoms with Gasteiger partial charge in [-0.1, -0.05) is 24.3 Å². The smallest absolute Gasteiger partial charge is 0.331 e. The lowest BCUT2D eigenvalue weighted by atomic mass is 9.99. The molecule has 5 nitrogen and oxygen atoms in total. The number of rotatable bonds is 5. The van der Waals surface area contributed by atoms with Crippen molar-refractivity contribution in [3.8, 4) is 0 Å². The molecule has 152 valence electrons. The second-order valence-electron chi connectivity index (χ2n) is 8.12. The van der Waals surface area contributed by atoms with Crippen LogP contribution < -0.4 is 0 Å². The Morgan fingerprint density at radius 3 is 2.62 bits per heavy atom. The van der Waals surface area contributed by atoms with Crippen LogP contribution in [0.25, 0.3) is 6.08 Å². The number of ether oxygens (including phenoxy) is 1. The van der Waals surface area contributed by atoms with Crippen molar-refractivity contribution in [3.05, 3.63) is 64.5 Å². The summed E-state index contributed by atoms with van der Waals surface area (Å²) < 4.78 is 7.73. The van der Waals surface area contributed by atoms with Gasteiger partial charge in [-0.2, -0.15) is 0 Å². The lowest BCUT2D eigenvalue weighted by molar-refractivity contribution is -0.155. The number of carbonyl (C=O) groups excluding carboxylic acids is 2. The molecule has 4 rings (SSSR count). The van der Waals surface area contributed by atoms with E-state index >= 15 is 0 Å². The molecule has 2 aliphatic rings. The van der Waals surface area contributed by atoms with Crippen LogP contribution in [0.15, 0.2) is 36.4 Å². The molecule has 29 heavy (non-hydrogen) atoms. The zero-order valence-corrected chi connectivity index (χ0v) is 17.4. The van der Waals surface area contributed by atoms with E-state index in [2.05, 4.69) is 30.5 Å². The van der Waals surface area contributed by atoms with Crippen LogP contribution in [0.3, 0.4) is 0 Å². The summed E-state index contributed by atoms with van der Waals surface area (Å²) in [5.41, 5.74) is 5.86. The topological polar surface area (TPSA) is 51.5 Å². The van der Waals surface area contributed by atoms with E-state index in [1.165, 1.54) is 35.9 Å². The molecule has 0 saturated heterocycles. The first kappa shape index (κ1) is 19.5. The largest absolute Gasteiger partial charge is 0.449 e. The molecule has 2 aromatic rings. The highest BCUT2D eigenvalue weighted by atomic mass is 16.5. The van der Waals surface area contributed by atoms with E-state index in [9.17, 15) is 9.59 Å². The lowest BCUT2D eigenvalue weighted by Crippen LogP contribution is -2.42. The van der Waals surface area contributed by atoms with Crippen molar-refractivity contribution in [1.29, 1.82) is 0 Å². The molecular formula is C24H28N2O3. The third-order valence-corrected chi connectivity index (χ3v) is 5.92. The molecule has 0 radical (unpaired) electrons. The van der Waals surface area contributed by atoms with Crippen LogP contribution in [0.5, 0.6) is 0 Å². The molecule has 1 saturated carbocycles. The maximum absolute atomic E-state index is 12.7. The van der Waals surface area contributed by atoms with Gasteiger partial charge in [0.2, 0.25) is 0 Å². The molecule has 1 aromatic heterocycles. The lowest BCUT2D eigenvalue weighted by Gasteiger charge is -2.30. The zero-order valence-electron chi connectivity index (χ0n) is 17.4. The average molecular weight is 392 g/mol. The van der Waals surface area contributed by atoms with Gasteiger partial charge in [0.05, 0.1) is 0 Å². The fraction of sp³-hybridized carbons (Fsp3) is 0.417. The van der Waals surface area contributed by atoms with E-state index in [-0.39, 0.29) is 5.91 Å². The zero-order chi connectivity index (χ0) is 20.5. The molecule has 1 amide bonds. The fourth-order valence-corrected chi connectivity index (χ4v) is 4.23. The predicted octanol–water partition coefficient (Wildman–Crippen LogP) is 3.97. The molecule has 0 N–H and O–H groups in total. The average Bonchev–Trinajstić information content (AvgIpc) is 3.50. The van der Waals surface area contributed by atoms with Gasteiger partial charge in [-0.15, -0.1) is 0 Å². The Hall–Kier alpha value is -2.82. The standard InChI is InChI=1S/C24H28N2O3/c1-16-14-20(17(2)26(16)22-9-10-22)8-11-23(27)29-18(3)24(28)25-13-12-19-6-4-5-7-21(19)15-25/h4-8,11,14,18,22H,9-10,12-13,15H2,1-3H3/b11-8+/t18-/m1/s1. The maximum atomic E-state index is 12.7. The molecule has 1 aromatic carbocycles. The number of esters is 1. The molecule has 1 aliphatic heterocycles. The summed E-state index contributed by atoms with van der Waals surface area (Å²) in [4.78, 5) is 26.8. The van der Waals surface area contributed by atoms with Gasteiger partial charge in [-0.3, -0.25) is 4.79 Å². The Bertz CT molecular complexity index is 969. The number of benzene rings is 1. The van der Waals surface area contributed by atoms with Crippen LogP contribution in [-0.4, -0.2) is 34.0 Å². The van der Waals surface area contributed by atoms with Gasteiger partial charge >= 0.3 is 5.97 Å². The van der Waals surface area contributed by atoms with Crippen molar-refractivity contribution in [2.45, 2.75) is 58.7 Å². The minimum Gasteiger partial charge on any atom is -0.449 e. The van der Waals surface area contributed by atoms with E-state index in [4.69, 9.17) is 4.74 Å². The number of fused-ring (bicyclic) bond motifs is 1. The molecule has 2 heterocycles. The third kappa shape index (κ3) is 4.14. The van der Waals surface area contributed by atoms with Gasteiger partial charge in [-0.05, 0) is 68.9 Å². The van der Waals surface area contributed by atoms with Crippen molar-refractivity contribution in [2.75, 3.05) is 6.54 Å². The van der Waals surface area contributed by atoms with Crippen molar-refractivity contribution in [1.82, 2.24) is 9.47 Å². The van der Waals surface area contributed by atoms with E-state index in [0.717, 1.165) is 17.5 Å². The van der Waals surface area contributed by atoms with E-state index < -0.39 is 12.1 Å². The minimum atomic E-state index is -0.795. The number of aryl methyl sites for hydroxylation is 1. The number of amides is 1. The van der Waals surface area contributed by atoms with Crippen molar-refractivity contribution < 1.29 is 14.3 Å². The third-order valence-electron chi connectivity index (χ3n) is 5.92. The SMILES string of the molecule is Cc1cc(/C=C/C(=O)O[C@H](C)C(=O)N2CCc3ccccc3C2)c(C)n1C1CC1. The van der Waals surface area contributed by atoms with Crippen LogP contribution in [0.2, 0.25) is 0 Å². The normalized spacial score (nSPS) is 17.3. The number of hydrogen-bond acceptors (Lipinski definition) is 3. The van der Waals surface area contributed by atoms with E-state index in [0.29, 0.717) is 19.1 Å². The van der Waals surface area contributed by atoms with Gasteiger partial charge in [-0.25, -0.2) is 4.79 Å². The fourth-order valence-electron chi connectivity index (χ4n) is 4.23. The first-order valence-corrected chi connectivity index (χ1v) is 10.4. The van der Waals surface area contributed by atoms with Gasteiger partial charge in [0.1, 0.15) is 0 Å². The second kappa shape index (κ2) is 7.90. The Kier molecular flexibility index (Phi) is 5.31. The number of nitrogens with zero attached hydrogens (tertiary/aromatic N) is 2. The second-order valence-corrected chi connectivity index (χ2v) is 8.12. The first-order valence-electron chi connectivity index (χ1n) is 10.4. The van der Waals surface area contributed by atoms with Gasteiger partial charge < -0.3 is 14.2 Å². The molecule has 1 aliphatic carbocycles. The summed E-state index contributed by atoms with van der Waals surface area (Å²) in [6.45, 7) is 7.04. The van der Waals surface area contributed by atoms with Gasteiger partial charge in [0, 0.05) is 36.6 Å². The van der Waals surface area contributed by atoms with E-state index in [1.807, 2.05) is 18.2 Å². The Morgan fingerprint density at radius 1 is 1.17 bits per heavy atom. The molecular weight excluding hydrogens is 364 g/mol. The van der Waals surface area contributed by atoms with Crippen LogP contribution >= 0.6 is 0 Å². The molecule has 5 heteroatoms. The quantitative estimate of drug-likeness (QED) is 0.571. The van der Waals surface area contributed by atoms with Crippen LogP contribution in [-0.2, 0) is 27.3 Å². The maximum Gasteiger partial charge on any atom is 0.331 e. The Morgan fingerprint density at radius 2 is 1.90 bits per heavy atom. The van der Waals surface area contributed by atoms with E-state index in [1.54, 1.807) is 17.9 Å². The highest BCUT2D eigenvalue weighted by Gasteiger charge is 2.27. The summed E-state index contributed by atoms with van der Waals surface area (Å²) in [5.74, 6) is -0.632. The van der Waals surface area contributed by atoms with Gasteiger partial charge in [0.25, 0.3) is 5.91 Å². The highest BCUT2D eigenvalue weighted by molar-refractivity contribution is 5.90. The van der Waals surface area contributed by atoms with Crippen LogP contribution in [0.1, 0.15) is 53.9 Å².